The number of hydrogen-bond acceptors (Lipinski definition) is 4. The number of nitrogens with zero attached hydrogens (tertiary/aromatic N) is 1. The highest BCUT2D eigenvalue weighted by molar-refractivity contribution is 7.88. The van der Waals surface area contributed by atoms with E-state index >= 15 is 0 Å². The largest absolute Gasteiger partial charge is 0.378 e. The third-order valence-electron chi connectivity index (χ3n) is 4.23. The number of carbonyl (C=O) groups excluding carboxylic acids is 1. The van der Waals surface area contributed by atoms with Gasteiger partial charge < -0.3 is 9.64 Å². The van der Waals surface area contributed by atoms with E-state index in [0.29, 0.717) is 13.0 Å². The van der Waals surface area contributed by atoms with Crippen LogP contribution in [0.1, 0.15) is 44.9 Å². The molecule has 0 saturated carbocycles. The summed E-state index contributed by atoms with van der Waals surface area (Å²) < 4.78 is 30.5. The molecule has 21 heavy (non-hydrogen) atoms. The summed E-state index contributed by atoms with van der Waals surface area (Å²) >= 11 is 0. The standard InChI is InChI=1S/C14H26N2O4S/c1-21(18,19)15-11-12-5-2-3-9-16(12)14(17)8-7-13-6-4-10-20-13/h12-13,15H,2-11H2,1H3. The van der Waals surface area contributed by atoms with Gasteiger partial charge in [-0.15, -0.1) is 0 Å². The molecule has 2 rings (SSSR count). The van der Waals surface area contributed by atoms with Gasteiger partial charge in [-0.25, -0.2) is 13.1 Å². The molecule has 6 nitrogen and oxygen atoms in total. The van der Waals surface area contributed by atoms with Crippen LogP contribution in [0.25, 0.3) is 0 Å². The summed E-state index contributed by atoms with van der Waals surface area (Å²) in [6, 6.07) is -0.00882. The van der Waals surface area contributed by atoms with Gasteiger partial charge in [0.25, 0.3) is 0 Å². The van der Waals surface area contributed by atoms with Gasteiger partial charge in [-0.3, -0.25) is 4.79 Å². The Kier molecular flexibility index (Phi) is 6.01. The van der Waals surface area contributed by atoms with Crippen molar-refractivity contribution in [3.63, 3.8) is 0 Å². The van der Waals surface area contributed by atoms with Crippen LogP contribution in [-0.4, -0.2) is 57.3 Å². The number of nitrogens with one attached hydrogen (secondary N) is 1. The summed E-state index contributed by atoms with van der Waals surface area (Å²) in [5.41, 5.74) is 0. The first-order valence-corrected chi connectivity index (χ1v) is 9.70. The van der Waals surface area contributed by atoms with Gasteiger partial charge in [-0.2, -0.15) is 0 Å². The van der Waals surface area contributed by atoms with Gasteiger partial charge in [-0.1, -0.05) is 0 Å². The van der Waals surface area contributed by atoms with Crippen molar-refractivity contribution in [3.05, 3.63) is 0 Å². The highest BCUT2D eigenvalue weighted by Crippen LogP contribution is 2.21. The fourth-order valence-electron chi connectivity index (χ4n) is 3.09. The molecule has 1 N–H and O–H groups in total. The molecule has 2 atom stereocenters. The van der Waals surface area contributed by atoms with Crippen LogP contribution in [0.3, 0.4) is 0 Å². The molecule has 2 unspecified atom stereocenters. The average molecular weight is 318 g/mol. The molecular weight excluding hydrogens is 292 g/mol. The third kappa shape index (κ3) is 5.56. The molecule has 2 aliphatic heterocycles. The smallest absolute Gasteiger partial charge is 0.222 e. The molecule has 0 radical (unpaired) electrons. The Labute approximate surface area is 127 Å². The number of ether oxygens (including phenoxy) is 1. The Morgan fingerprint density at radius 2 is 2.10 bits per heavy atom. The molecule has 2 heterocycles. The van der Waals surface area contributed by atoms with Crippen molar-refractivity contribution in [1.82, 2.24) is 9.62 Å². The number of rotatable bonds is 6. The van der Waals surface area contributed by atoms with E-state index in [9.17, 15) is 13.2 Å². The number of amides is 1. The summed E-state index contributed by atoms with van der Waals surface area (Å²) in [6.45, 7) is 1.87. The van der Waals surface area contributed by atoms with Gasteiger partial charge in [0.2, 0.25) is 15.9 Å². The predicted molar refractivity (Wildman–Crippen MR) is 80.4 cm³/mol. The lowest BCUT2D eigenvalue weighted by Gasteiger charge is -2.36. The van der Waals surface area contributed by atoms with E-state index in [0.717, 1.165) is 57.9 Å². The van der Waals surface area contributed by atoms with Crippen molar-refractivity contribution in [3.8, 4) is 0 Å². The third-order valence-corrected chi connectivity index (χ3v) is 4.92. The van der Waals surface area contributed by atoms with Gasteiger partial charge in [0.1, 0.15) is 0 Å². The molecule has 2 saturated heterocycles. The van der Waals surface area contributed by atoms with Gasteiger partial charge in [0.15, 0.2) is 0 Å². The molecule has 0 spiro atoms. The number of carbonyl (C=O) groups is 1. The van der Waals surface area contributed by atoms with Crippen LogP contribution in [0.4, 0.5) is 0 Å². The Morgan fingerprint density at radius 3 is 2.76 bits per heavy atom. The van der Waals surface area contributed by atoms with E-state index in [1.165, 1.54) is 0 Å². The van der Waals surface area contributed by atoms with E-state index in [4.69, 9.17) is 4.74 Å². The van der Waals surface area contributed by atoms with Gasteiger partial charge in [0.05, 0.1) is 12.4 Å². The van der Waals surface area contributed by atoms with E-state index in [2.05, 4.69) is 4.72 Å². The van der Waals surface area contributed by atoms with Crippen LogP contribution < -0.4 is 4.72 Å². The van der Waals surface area contributed by atoms with Crippen LogP contribution in [0, 0.1) is 0 Å². The normalized spacial score (nSPS) is 27.0. The molecule has 2 fully saturated rings. The zero-order valence-electron chi connectivity index (χ0n) is 12.7. The van der Waals surface area contributed by atoms with E-state index in [-0.39, 0.29) is 18.1 Å². The topological polar surface area (TPSA) is 75.7 Å². The van der Waals surface area contributed by atoms with Gasteiger partial charge in [-0.05, 0) is 38.5 Å². The minimum absolute atomic E-state index is 0.00882. The maximum absolute atomic E-state index is 12.4. The predicted octanol–water partition coefficient (Wildman–Crippen LogP) is 0.876. The van der Waals surface area contributed by atoms with E-state index in [1.807, 2.05) is 4.90 Å². The van der Waals surface area contributed by atoms with Crippen molar-refractivity contribution in [2.24, 2.45) is 0 Å². The Balaban J connectivity index is 1.83. The van der Waals surface area contributed by atoms with E-state index < -0.39 is 10.0 Å². The first kappa shape index (κ1) is 16.7. The molecule has 7 heteroatoms. The van der Waals surface area contributed by atoms with Crippen molar-refractivity contribution in [2.75, 3.05) is 26.0 Å². The van der Waals surface area contributed by atoms with Crippen LogP contribution in [0.5, 0.6) is 0 Å². The molecular formula is C14H26N2O4S. The molecule has 0 aromatic heterocycles. The van der Waals surface area contributed by atoms with E-state index in [1.54, 1.807) is 0 Å². The second-order valence-corrected chi connectivity index (χ2v) is 7.86. The van der Waals surface area contributed by atoms with Crippen LogP contribution in [-0.2, 0) is 19.6 Å². The maximum atomic E-state index is 12.4. The Morgan fingerprint density at radius 1 is 1.29 bits per heavy atom. The molecule has 1 amide bonds. The molecule has 2 aliphatic rings. The molecule has 0 aromatic carbocycles. The fraction of sp³-hybridized carbons (Fsp3) is 0.929. The number of hydrogen-bond donors (Lipinski definition) is 1. The van der Waals surface area contributed by atoms with Crippen LogP contribution >= 0.6 is 0 Å². The summed E-state index contributed by atoms with van der Waals surface area (Å²) in [5.74, 6) is 0.130. The Hall–Kier alpha value is -0.660. The van der Waals surface area contributed by atoms with Crippen LogP contribution in [0.2, 0.25) is 0 Å². The maximum Gasteiger partial charge on any atom is 0.222 e. The Bertz CT molecular complexity index is 446. The lowest BCUT2D eigenvalue weighted by Crippen LogP contribution is -2.49. The first-order chi connectivity index (χ1) is 9.96. The molecule has 0 aromatic rings. The number of likely N-dealkylation sites (tertiary alicyclic amines) is 1. The fourth-order valence-corrected chi connectivity index (χ4v) is 3.58. The quantitative estimate of drug-likeness (QED) is 0.789. The summed E-state index contributed by atoms with van der Waals surface area (Å²) in [7, 11) is -3.21. The first-order valence-electron chi connectivity index (χ1n) is 7.81. The number of piperidine rings is 1. The summed E-state index contributed by atoms with van der Waals surface area (Å²) in [5, 5.41) is 0. The molecule has 0 aliphatic carbocycles. The van der Waals surface area contributed by atoms with Crippen molar-refractivity contribution in [2.45, 2.75) is 57.1 Å². The zero-order chi connectivity index (χ0) is 15.3. The minimum Gasteiger partial charge on any atom is -0.378 e. The SMILES string of the molecule is CS(=O)(=O)NCC1CCCCN1C(=O)CCC1CCCO1. The molecule has 122 valence electrons. The summed E-state index contributed by atoms with van der Waals surface area (Å²) in [6.07, 6.45) is 7.71. The highest BCUT2D eigenvalue weighted by atomic mass is 32.2. The summed E-state index contributed by atoms with van der Waals surface area (Å²) in [4.78, 5) is 14.2. The highest BCUT2D eigenvalue weighted by Gasteiger charge is 2.28. The van der Waals surface area contributed by atoms with Crippen LogP contribution in [0.15, 0.2) is 0 Å². The van der Waals surface area contributed by atoms with Crippen molar-refractivity contribution in [1.29, 1.82) is 0 Å². The lowest BCUT2D eigenvalue weighted by atomic mass is 10.0. The number of sulfonamides is 1. The van der Waals surface area contributed by atoms with Gasteiger partial charge >= 0.3 is 0 Å². The second kappa shape index (κ2) is 7.56. The zero-order valence-corrected chi connectivity index (χ0v) is 13.5. The average Bonchev–Trinajstić information content (AvgIpc) is 2.95. The monoisotopic (exact) mass is 318 g/mol. The van der Waals surface area contributed by atoms with Crippen molar-refractivity contribution < 1.29 is 17.9 Å². The van der Waals surface area contributed by atoms with Crippen molar-refractivity contribution >= 4 is 15.9 Å². The minimum atomic E-state index is -3.21. The second-order valence-electron chi connectivity index (χ2n) is 6.03. The van der Waals surface area contributed by atoms with Gasteiger partial charge in [0, 0.05) is 32.2 Å². The lowest BCUT2D eigenvalue weighted by molar-refractivity contribution is -0.135. The molecule has 0 bridgehead atoms.